The Kier molecular flexibility index (Phi) is 5.93. The van der Waals surface area contributed by atoms with E-state index in [1.54, 1.807) is 17.5 Å². The number of aromatic nitrogens is 1. The van der Waals surface area contributed by atoms with Gasteiger partial charge in [-0.2, -0.15) is 0 Å². The van der Waals surface area contributed by atoms with Crippen LogP contribution >= 0.6 is 22.9 Å². The molecule has 3 rings (SSSR count). The number of hydrogen-bond donors (Lipinski definition) is 2. The molecule has 1 aromatic carbocycles. The van der Waals surface area contributed by atoms with Crippen molar-refractivity contribution in [3.8, 4) is 0 Å². The van der Waals surface area contributed by atoms with Crippen LogP contribution in [0.25, 0.3) is 0 Å². The highest BCUT2D eigenvalue weighted by molar-refractivity contribution is 7.09. The molecule has 1 fully saturated rings. The van der Waals surface area contributed by atoms with E-state index in [1.165, 1.54) is 0 Å². The second kappa shape index (κ2) is 8.35. The molecule has 0 saturated carbocycles. The highest BCUT2D eigenvalue weighted by atomic mass is 35.5. The van der Waals surface area contributed by atoms with Gasteiger partial charge in [0.2, 0.25) is 0 Å². The quantitative estimate of drug-likeness (QED) is 0.855. The Morgan fingerprint density at radius 3 is 3.08 bits per heavy atom. The molecule has 2 heterocycles. The molecule has 1 aromatic heterocycles. The number of nitrogens with one attached hydrogen (secondary N) is 2. The standard InChI is InChI=1S/C17H21ClN4OS/c18-14-5-1-2-6-15(14)22-10-3-4-13(12-22)21-17(23)20-8-7-16-19-9-11-24-16/h1-2,5-6,9,11,13H,3-4,7-8,10,12H2,(H2,20,21,23). The van der Waals surface area contributed by atoms with Crippen molar-refractivity contribution in [2.45, 2.75) is 25.3 Å². The van der Waals surface area contributed by atoms with Crippen molar-refractivity contribution in [3.63, 3.8) is 0 Å². The topological polar surface area (TPSA) is 57.3 Å². The van der Waals surface area contributed by atoms with Gasteiger partial charge in [0.05, 0.1) is 15.7 Å². The molecule has 1 unspecified atom stereocenters. The fourth-order valence-corrected chi connectivity index (χ4v) is 3.79. The zero-order valence-corrected chi connectivity index (χ0v) is 14.9. The van der Waals surface area contributed by atoms with E-state index in [4.69, 9.17) is 11.6 Å². The van der Waals surface area contributed by atoms with Crippen LogP contribution in [0.1, 0.15) is 17.8 Å². The van der Waals surface area contributed by atoms with E-state index in [2.05, 4.69) is 20.5 Å². The number of carbonyl (C=O) groups excluding carboxylic acids is 1. The van der Waals surface area contributed by atoms with Crippen LogP contribution in [0, 0.1) is 0 Å². The van der Waals surface area contributed by atoms with Crippen molar-refractivity contribution < 1.29 is 4.79 Å². The molecule has 2 amide bonds. The van der Waals surface area contributed by atoms with Gasteiger partial charge >= 0.3 is 6.03 Å². The number of halogens is 1. The zero-order valence-electron chi connectivity index (χ0n) is 13.4. The number of thiazole rings is 1. The molecule has 1 atom stereocenters. The van der Waals surface area contributed by atoms with Crippen LogP contribution in [-0.2, 0) is 6.42 Å². The van der Waals surface area contributed by atoms with Crippen molar-refractivity contribution in [2.75, 3.05) is 24.5 Å². The molecule has 1 saturated heterocycles. The number of hydrogen-bond acceptors (Lipinski definition) is 4. The third-order valence-electron chi connectivity index (χ3n) is 4.06. The highest BCUT2D eigenvalue weighted by Crippen LogP contribution is 2.27. The third kappa shape index (κ3) is 4.61. The number of rotatable bonds is 5. The molecule has 5 nitrogen and oxygen atoms in total. The lowest BCUT2D eigenvalue weighted by molar-refractivity contribution is 0.235. The first-order chi connectivity index (χ1) is 11.7. The summed E-state index contributed by atoms with van der Waals surface area (Å²) in [5.74, 6) is 0. The van der Waals surface area contributed by atoms with Crippen LogP contribution in [0.4, 0.5) is 10.5 Å². The van der Waals surface area contributed by atoms with E-state index in [9.17, 15) is 4.79 Å². The van der Waals surface area contributed by atoms with Gasteiger partial charge in [0.1, 0.15) is 0 Å². The van der Waals surface area contributed by atoms with Crippen LogP contribution in [0.2, 0.25) is 5.02 Å². The zero-order chi connectivity index (χ0) is 16.8. The summed E-state index contributed by atoms with van der Waals surface area (Å²) in [6.45, 7) is 2.34. The summed E-state index contributed by atoms with van der Waals surface area (Å²) in [7, 11) is 0. The molecule has 1 aliphatic rings. The monoisotopic (exact) mass is 364 g/mol. The van der Waals surface area contributed by atoms with E-state index < -0.39 is 0 Å². The summed E-state index contributed by atoms with van der Waals surface area (Å²) in [6.07, 6.45) is 4.57. The number of para-hydroxylation sites is 1. The number of urea groups is 1. The molecule has 0 aliphatic carbocycles. The Labute approximate surface area is 151 Å². The van der Waals surface area contributed by atoms with E-state index in [-0.39, 0.29) is 12.1 Å². The second-order valence-electron chi connectivity index (χ2n) is 5.81. The Balaban J connectivity index is 1.46. The van der Waals surface area contributed by atoms with E-state index in [0.717, 1.165) is 48.1 Å². The molecular weight excluding hydrogens is 344 g/mol. The van der Waals surface area contributed by atoms with Gasteiger partial charge in [-0.3, -0.25) is 0 Å². The maximum atomic E-state index is 12.1. The van der Waals surface area contributed by atoms with Crippen LogP contribution in [0.3, 0.4) is 0 Å². The number of nitrogens with zero attached hydrogens (tertiary/aromatic N) is 2. The van der Waals surface area contributed by atoms with Gasteiger partial charge in [-0.25, -0.2) is 9.78 Å². The Morgan fingerprint density at radius 2 is 2.29 bits per heavy atom. The van der Waals surface area contributed by atoms with Crippen molar-refractivity contribution in [3.05, 3.63) is 45.9 Å². The predicted molar refractivity (Wildman–Crippen MR) is 99.0 cm³/mol. The maximum Gasteiger partial charge on any atom is 0.315 e. The number of piperidine rings is 1. The predicted octanol–water partition coefficient (Wildman–Crippen LogP) is 3.31. The lowest BCUT2D eigenvalue weighted by atomic mass is 10.1. The summed E-state index contributed by atoms with van der Waals surface area (Å²) in [6, 6.07) is 7.87. The molecule has 0 spiro atoms. The van der Waals surface area contributed by atoms with Crippen LogP contribution in [-0.4, -0.2) is 36.7 Å². The van der Waals surface area contributed by atoms with Gasteiger partial charge in [-0.1, -0.05) is 23.7 Å². The Bertz CT molecular complexity index is 664. The third-order valence-corrected chi connectivity index (χ3v) is 5.22. The van der Waals surface area contributed by atoms with Gasteiger partial charge in [-0.05, 0) is 25.0 Å². The molecule has 7 heteroatoms. The molecule has 24 heavy (non-hydrogen) atoms. The fourth-order valence-electron chi connectivity index (χ4n) is 2.92. The van der Waals surface area contributed by atoms with Crippen LogP contribution in [0.15, 0.2) is 35.8 Å². The Hall–Kier alpha value is -1.79. The normalized spacial score (nSPS) is 17.5. The molecule has 0 radical (unpaired) electrons. The van der Waals surface area contributed by atoms with Crippen molar-refractivity contribution in [1.82, 2.24) is 15.6 Å². The van der Waals surface area contributed by atoms with Crippen molar-refractivity contribution in [1.29, 1.82) is 0 Å². The van der Waals surface area contributed by atoms with Gasteiger partial charge in [0.25, 0.3) is 0 Å². The minimum atomic E-state index is -0.113. The summed E-state index contributed by atoms with van der Waals surface area (Å²) in [5.41, 5.74) is 1.04. The van der Waals surface area contributed by atoms with Gasteiger partial charge in [0, 0.05) is 43.7 Å². The summed E-state index contributed by atoms with van der Waals surface area (Å²) < 4.78 is 0. The smallest absolute Gasteiger partial charge is 0.315 e. The SMILES string of the molecule is O=C(NCCc1nccs1)NC1CCCN(c2ccccc2Cl)C1. The maximum absolute atomic E-state index is 12.1. The van der Waals surface area contributed by atoms with Crippen LogP contribution in [0.5, 0.6) is 0 Å². The first-order valence-electron chi connectivity index (χ1n) is 8.14. The van der Waals surface area contributed by atoms with Crippen LogP contribution < -0.4 is 15.5 Å². The van der Waals surface area contributed by atoms with Gasteiger partial charge < -0.3 is 15.5 Å². The van der Waals surface area contributed by atoms with E-state index in [1.807, 2.05) is 29.6 Å². The molecule has 0 bridgehead atoms. The first kappa shape index (κ1) is 17.0. The summed E-state index contributed by atoms with van der Waals surface area (Å²) >= 11 is 7.89. The lowest BCUT2D eigenvalue weighted by Gasteiger charge is -2.35. The largest absolute Gasteiger partial charge is 0.368 e. The summed E-state index contributed by atoms with van der Waals surface area (Å²) in [5, 5.41) is 9.71. The average Bonchev–Trinajstić information content (AvgIpc) is 3.09. The molecule has 2 N–H and O–H groups in total. The second-order valence-corrected chi connectivity index (χ2v) is 7.20. The fraction of sp³-hybridized carbons (Fsp3) is 0.412. The number of anilines is 1. The molecular formula is C17H21ClN4OS. The van der Waals surface area contributed by atoms with E-state index in [0.29, 0.717) is 6.54 Å². The van der Waals surface area contributed by atoms with Gasteiger partial charge in [-0.15, -0.1) is 11.3 Å². The highest BCUT2D eigenvalue weighted by Gasteiger charge is 2.22. The Morgan fingerprint density at radius 1 is 1.42 bits per heavy atom. The van der Waals surface area contributed by atoms with Crippen molar-refractivity contribution in [2.24, 2.45) is 0 Å². The first-order valence-corrected chi connectivity index (χ1v) is 9.40. The lowest BCUT2D eigenvalue weighted by Crippen LogP contribution is -2.50. The number of amides is 2. The number of benzene rings is 1. The van der Waals surface area contributed by atoms with Gasteiger partial charge in [0.15, 0.2) is 0 Å². The number of carbonyl (C=O) groups is 1. The molecule has 2 aromatic rings. The summed E-state index contributed by atoms with van der Waals surface area (Å²) in [4.78, 5) is 18.5. The molecule has 1 aliphatic heterocycles. The molecule has 128 valence electrons. The minimum absolute atomic E-state index is 0.113. The van der Waals surface area contributed by atoms with Crippen molar-refractivity contribution >= 4 is 34.7 Å². The minimum Gasteiger partial charge on any atom is -0.368 e. The average molecular weight is 365 g/mol. The van der Waals surface area contributed by atoms with E-state index >= 15 is 0 Å².